The Kier molecular flexibility index (Phi) is 7.99. The Balaban J connectivity index is 1.54. The number of rotatable bonds is 10. The molecule has 0 spiro atoms. The summed E-state index contributed by atoms with van der Waals surface area (Å²) < 4.78 is 40.2. The highest BCUT2D eigenvalue weighted by Gasteiger charge is 2.32. The zero-order chi connectivity index (χ0) is 26.5. The summed E-state index contributed by atoms with van der Waals surface area (Å²) in [5, 5.41) is 20.0. The van der Waals surface area contributed by atoms with Crippen molar-refractivity contribution in [2.75, 3.05) is 32.1 Å². The molecule has 0 unspecified atom stereocenters. The molecule has 1 atom stereocenters. The number of anilines is 1. The smallest absolute Gasteiger partial charge is 0.272 e. The van der Waals surface area contributed by atoms with Crippen LogP contribution < -0.4 is 20.1 Å². The van der Waals surface area contributed by atoms with Crippen LogP contribution in [0.1, 0.15) is 23.8 Å². The second kappa shape index (κ2) is 11.4. The first kappa shape index (κ1) is 26.0. The lowest BCUT2D eigenvalue weighted by Gasteiger charge is -2.25. The van der Waals surface area contributed by atoms with Crippen LogP contribution >= 0.6 is 0 Å². The molecule has 4 rings (SSSR count). The van der Waals surface area contributed by atoms with Gasteiger partial charge < -0.3 is 25.3 Å². The zero-order valence-electron chi connectivity index (χ0n) is 20.3. The highest BCUT2D eigenvalue weighted by Crippen LogP contribution is 2.33. The van der Waals surface area contributed by atoms with E-state index in [2.05, 4.69) is 15.7 Å². The average Bonchev–Trinajstić information content (AvgIpc) is 3.19. The van der Waals surface area contributed by atoms with E-state index in [4.69, 9.17) is 9.47 Å². The lowest BCUT2D eigenvalue weighted by molar-refractivity contribution is -0.128. The molecular weight excluding hydrogens is 488 g/mol. The van der Waals surface area contributed by atoms with E-state index in [1.165, 1.54) is 17.8 Å². The van der Waals surface area contributed by atoms with Crippen molar-refractivity contribution in [3.8, 4) is 22.8 Å². The number of hydrogen-bond acceptors (Lipinski definition) is 7. The Hall–Kier alpha value is -4.03. The molecule has 2 aromatic carbocycles. The van der Waals surface area contributed by atoms with Crippen molar-refractivity contribution < 1.29 is 33.1 Å². The Labute approximate surface area is 211 Å². The van der Waals surface area contributed by atoms with Crippen LogP contribution in [0.15, 0.2) is 42.5 Å². The van der Waals surface area contributed by atoms with Gasteiger partial charge in [0, 0.05) is 25.1 Å². The first-order valence-corrected chi connectivity index (χ1v) is 11.7. The fourth-order valence-electron chi connectivity index (χ4n) is 3.99. The van der Waals surface area contributed by atoms with Gasteiger partial charge in [0.1, 0.15) is 29.4 Å². The van der Waals surface area contributed by atoms with Crippen LogP contribution in [0.25, 0.3) is 11.3 Å². The zero-order valence-corrected chi connectivity index (χ0v) is 20.3. The van der Waals surface area contributed by atoms with Crippen LogP contribution in [-0.2, 0) is 11.3 Å². The van der Waals surface area contributed by atoms with E-state index in [0.29, 0.717) is 36.2 Å². The summed E-state index contributed by atoms with van der Waals surface area (Å²) in [6.45, 7) is 2.61. The molecule has 2 heterocycles. The van der Waals surface area contributed by atoms with E-state index < -0.39 is 23.4 Å². The molecule has 12 heteroatoms. The van der Waals surface area contributed by atoms with Gasteiger partial charge in [0.05, 0.1) is 25.8 Å². The van der Waals surface area contributed by atoms with Crippen LogP contribution in [0.4, 0.5) is 14.5 Å². The Morgan fingerprint density at radius 1 is 1.22 bits per heavy atom. The third kappa shape index (κ3) is 6.22. The molecule has 196 valence electrons. The van der Waals surface area contributed by atoms with Gasteiger partial charge in [0.25, 0.3) is 5.91 Å². The number of aromatic nitrogens is 2. The number of likely N-dealkylation sites (N-methyl/N-ethyl adjacent to an activating group) is 1. The van der Waals surface area contributed by atoms with Gasteiger partial charge in [-0.25, -0.2) is 8.78 Å². The monoisotopic (exact) mass is 515 g/mol. The molecule has 2 amide bonds. The van der Waals surface area contributed by atoms with Gasteiger partial charge in [-0.2, -0.15) is 10.2 Å². The van der Waals surface area contributed by atoms with E-state index in [1.807, 2.05) is 19.1 Å². The number of benzene rings is 2. The molecule has 0 saturated carbocycles. The van der Waals surface area contributed by atoms with E-state index in [0.717, 1.165) is 12.1 Å². The maximum Gasteiger partial charge on any atom is 0.272 e. The molecule has 3 aromatic rings. The first-order chi connectivity index (χ1) is 17.7. The summed E-state index contributed by atoms with van der Waals surface area (Å²) in [5.74, 6) is -1.93. The van der Waals surface area contributed by atoms with Crippen molar-refractivity contribution in [2.45, 2.75) is 25.9 Å². The lowest BCUT2D eigenvalue weighted by atomic mass is 10.1. The standard InChI is InChI=1S/C25H27F2N5O5/c1-3-36-17-5-4-6-18(12-17)37-10-9-16-13-32-24(25(34)28-16)23(29-21(33)14-31(2)35)22(30-32)15-7-8-19(26)20(27)11-15/h4-8,11-12,16,35H,3,9-10,13-14H2,1-2H3,(H,28,34)(H,29,33)/t16-/m0/s1. The largest absolute Gasteiger partial charge is 0.494 e. The SMILES string of the molecule is CCOc1cccc(OCC[C@H]2Cn3nc(-c4ccc(F)c(F)c4)c(NC(=O)CN(C)O)c3C(=O)N2)c1. The molecule has 0 radical (unpaired) electrons. The van der Waals surface area contributed by atoms with Gasteiger partial charge >= 0.3 is 0 Å². The molecule has 0 aliphatic carbocycles. The van der Waals surface area contributed by atoms with Crippen LogP contribution in [-0.4, -0.2) is 64.7 Å². The number of halogens is 2. The number of ether oxygens (including phenoxy) is 2. The van der Waals surface area contributed by atoms with E-state index in [1.54, 1.807) is 12.1 Å². The fourth-order valence-corrected chi connectivity index (χ4v) is 3.99. The highest BCUT2D eigenvalue weighted by atomic mass is 19.2. The minimum absolute atomic E-state index is 0.0396. The summed E-state index contributed by atoms with van der Waals surface area (Å²) in [4.78, 5) is 25.4. The lowest BCUT2D eigenvalue weighted by Crippen LogP contribution is -2.45. The van der Waals surface area contributed by atoms with Crippen LogP contribution in [0.5, 0.6) is 11.5 Å². The number of hydrogen-bond donors (Lipinski definition) is 3. The number of fused-ring (bicyclic) bond motifs is 1. The van der Waals surface area contributed by atoms with Crippen LogP contribution in [0.2, 0.25) is 0 Å². The van der Waals surface area contributed by atoms with Crippen molar-refractivity contribution >= 4 is 17.5 Å². The number of nitrogens with one attached hydrogen (secondary N) is 2. The van der Waals surface area contributed by atoms with E-state index >= 15 is 0 Å². The number of hydroxylamine groups is 2. The molecule has 37 heavy (non-hydrogen) atoms. The molecule has 10 nitrogen and oxygen atoms in total. The molecule has 3 N–H and O–H groups in total. The van der Waals surface area contributed by atoms with Gasteiger partial charge in [-0.1, -0.05) is 6.07 Å². The Morgan fingerprint density at radius 3 is 2.68 bits per heavy atom. The summed E-state index contributed by atoms with van der Waals surface area (Å²) in [6, 6.07) is 10.1. The van der Waals surface area contributed by atoms with Crippen molar-refractivity contribution in [3.63, 3.8) is 0 Å². The predicted molar refractivity (Wildman–Crippen MR) is 130 cm³/mol. The van der Waals surface area contributed by atoms with Crippen LogP contribution in [0.3, 0.4) is 0 Å². The molecule has 1 aromatic heterocycles. The van der Waals surface area contributed by atoms with Gasteiger partial charge in [0.2, 0.25) is 5.91 Å². The maximum atomic E-state index is 14.0. The predicted octanol–water partition coefficient (Wildman–Crippen LogP) is 3.07. The van der Waals surface area contributed by atoms with Crippen molar-refractivity contribution in [2.24, 2.45) is 0 Å². The van der Waals surface area contributed by atoms with Gasteiger partial charge in [-0.15, -0.1) is 0 Å². The normalized spacial score (nSPS) is 14.8. The molecule has 0 saturated heterocycles. The summed E-state index contributed by atoms with van der Waals surface area (Å²) >= 11 is 0. The third-order valence-corrected chi connectivity index (χ3v) is 5.58. The van der Waals surface area contributed by atoms with Crippen molar-refractivity contribution in [1.29, 1.82) is 0 Å². The Morgan fingerprint density at radius 2 is 1.97 bits per heavy atom. The minimum atomic E-state index is -1.09. The van der Waals surface area contributed by atoms with E-state index in [-0.39, 0.29) is 41.8 Å². The minimum Gasteiger partial charge on any atom is -0.494 e. The van der Waals surface area contributed by atoms with E-state index in [9.17, 15) is 23.6 Å². The highest BCUT2D eigenvalue weighted by molar-refractivity contribution is 6.07. The average molecular weight is 516 g/mol. The topological polar surface area (TPSA) is 118 Å². The molecule has 1 aliphatic rings. The molecule has 0 bridgehead atoms. The fraction of sp³-hybridized carbons (Fsp3) is 0.320. The third-order valence-electron chi connectivity index (χ3n) is 5.58. The molecule has 1 aliphatic heterocycles. The van der Waals surface area contributed by atoms with Crippen molar-refractivity contribution in [3.05, 3.63) is 59.8 Å². The molecular formula is C25H27F2N5O5. The second-order valence-corrected chi connectivity index (χ2v) is 8.46. The quantitative estimate of drug-likeness (QED) is 0.355. The first-order valence-electron chi connectivity index (χ1n) is 11.7. The number of nitrogens with zero attached hydrogens (tertiary/aromatic N) is 3. The van der Waals surface area contributed by atoms with Gasteiger partial charge in [-0.3, -0.25) is 14.3 Å². The van der Waals surface area contributed by atoms with Gasteiger partial charge in [0.15, 0.2) is 17.3 Å². The second-order valence-electron chi connectivity index (χ2n) is 8.46. The summed E-state index contributed by atoms with van der Waals surface area (Å²) in [6.07, 6.45) is 0.460. The summed E-state index contributed by atoms with van der Waals surface area (Å²) in [5.41, 5.74) is 0.381. The number of carbonyl (C=O) groups excluding carboxylic acids is 2. The maximum absolute atomic E-state index is 14.0. The van der Waals surface area contributed by atoms with Crippen LogP contribution in [0, 0.1) is 11.6 Å². The van der Waals surface area contributed by atoms with Crippen molar-refractivity contribution in [1.82, 2.24) is 20.2 Å². The molecule has 0 fully saturated rings. The number of amides is 2. The Bertz CT molecular complexity index is 1300. The number of carbonyl (C=O) groups is 2. The van der Waals surface area contributed by atoms with Gasteiger partial charge in [-0.05, 0) is 37.3 Å². The summed E-state index contributed by atoms with van der Waals surface area (Å²) in [7, 11) is 1.29.